The Morgan fingerprint density at radius 1 is 1.05 bits per heavy atom. The molecule has 5 rings (SSSR count). The highest BCUT2D eigenvalue weighted by molar-refractivity contribution is 7.92. The summed E-state index contributed by atoms with van der Waals surface area (Å²) in [5, 5.41) is 2.77. The number of nitrogens with zero attached hydrogens (tertiary/aromatic N) is 1. The van der Waals surface area contributed by atoms with E-state index in [9.17, 15) is 27.5 Å². The summed E-state index contributed by atoms with van der Waals surface area (Å²) in [6.07, 6.45) is 1.29. The predicted molar refractivity (Wildman–Crippen MR) is 142 cm³/mol. The number of carbonyl (C=O) groups is 2. The molecule has 0 saturated heterocycles. The summed E-state index contributed by atoms with van der Waals surface area (Å²) in [5.41, 5.74) is 1.03. The van der Waals surface area contributed by atoms with Crippen molar-refractivity contribution < 1.29 is 27.5 Å². The average Bonchev–Trinajstić information content (AvgIpc) is 2.83. The van der Waals surface area contributed by atoms with Crippen molar-refractivity contribution >= 4 is 51.6 Å². The number of hydrogen-bond acceptors (Lipinski definition) is 6. The monoisotopic (exact) mass is 537 g/mol. The molecule has 0 spiro atoms. The molecule has 3 aromatic carbocycles. The lowest BCUT2D eigenvalue weighted by Crippen LogP contribution is -2.52. The van der Waals surface area contributed by atoms with Gasteiger partial charge >= 0.3 is 7.52 Å². The topological polar surface area (TPSA) is 142 Å². The van der Waals surface area contributed by atoms with Gasteiger partial charge in [-0.25, -0.2) is 8.42 Å². The number of sulfonamides is 1. The second-order valence-electron chi connectivity index (χ2n) is 9.46. The van der Waals surface area contributed by atoms with E-state index >= 15 is 0 Å². The van der Waals surface area contributed by atoms with Gasteiger partial charge in [0.1, 0.15) is 11.8 Å². The summed E-state index contributed by atoms with van der Waals surface area (Å²) in [5.74, 6) is -2.54. The van der Waals surface area contributed by atoms with Crippen molar-refractivity contribution in [3.05, 3.63) is 89.5 Å². The van der Waals surface area contributed by atoms with Gasteiger partial charge in [-0.1, -0.05) is 54.6 Å². The van der Waals surface area contributed by atoms with Crippen LogP contribution in [0.5, 0.6) is 0 Å². The van der Waals surface area contributed by atoms with Gasteiger partial charge in [0.15, 0.2) is 11.6 Å². The maximum atomic E-state index is 14.1. The molecule has 0 aromatic heterocycles. The number of anilines is 2. The standard InChI is InChI=1S/C26H24N3O6PS/c1-26(15-16-8-4-3-5-9-16)19-11-7-6-10-18(19)23(30)22(24(26)31)25-27-20-13-12-17(29-37(2,34)35)14-21(20)36(32,33)28-25/h3-14,22,29H,15H2,1-2H3,(H2,27,28,32,33). The molecular formula is C26H24N3O6PS. The van der Waals surface area contributed by atoms with Crippen LogP contribution >= 0.6 is 7.52 Å². The van der Waals surface area contributed by atoms with Crippen LogP contribution in [0.2, 0.25) is 0 Å². The highest BCUT2D eigenvalue weighted by Gasteiger charge is 2.52. The number of ketones is 2. The number of fused-ring (bicyclic) bond motifs is 2. The molecule has 0 saturated carbocycles. The van der Waals surface area contributed by atoms with E-state index in [4.69, 9.17) is 0 Å². The van der Waals surface area contributed by atoms with Gasteiger partial charge in [-0.2, -0.15) is 4.76 Å². The number of Topliss-reactive ketones (excluding diaryl/α,β-unsaturated/α-hetero) is 2. The van der Waals surface area contributed by atoms with Gasteiger partial charge in [-0.05, 0) is 42.7 Å². The normalized spacial score (nSPS) is 24.9. The second-order valence-corrected chi connectivity index (χ2v) is 13.0. The van der Waals surface area contributed by atoms with Crippen molar-refractivity contribution in [2.75, 3.05) is 16.3 Å². The number of benzene rings is 3. The highest BCUT2D eigenvalue weighted by atomic mass is 32.2. The van der Waals surface area contributed by atoms with E-state index in [1.54, 1.807) is 31.2 Å². The Morgan fingerprint density at radius 3 is 2.43 bits per heavy atom. The quantitative estimate of drug-likeness (QED) is 0.335. The Labute approximate surface area is 214 Å². The molecule has 3 unspecified atom stereocenters. The van der Waals surface area contributed by atoms with E-state index < -0.39 is 40.4 Å². The minimum Gasteiger partial charge on any atom is -0.342 e. The fourth-order valence-corrected chi connectivity index (χ4v) is 6.86. The van der Waals surface area contributed by atoms with Crippen LogP contribution in [-0.2, 0) is 31.2 Å². The third-order valence-corrected chi connectivity index (χ3v) is 8.74. The van der Waals surface area contributed by atoms with Gasteiger partial charge in [-0.15, -0.1) is 0 Å². The van der Waals surface area contributed by atoms with Crippen LogP contribution in [-0.4, -0.2) is 37.0 Å². The van der Waals surface area contributed by atoms with Gasteiger partial charge in [0.2, 0.25) is 10.0 Å². The van der Waals surface area contributed by atoms with Crippen molar-refractivity contribution in [2.24, 2.45) is 10.7 Å². The number of nitrogens with one attached hydrogen (secondary N) is 2. The Balaban J connectivity index is 1.59. The first-order chi connectivity index (χ1) is 17.4. The number of rotatable bonds is 5. The maximum Gasteiger partial charge on any atom is 0.345 e. The van der Waals surface area contributed by atoms with Gasteiger partial charge in [0.05, 0.1) is 22.7 Å². The van der Waals surface area contributed by atoms with Crippen molar-refractivity contribution in [2.45, 2.75) is 18.8 Å². The second kappa shape index (κ2) is 8.76. The zero-order valence-electron chi connectivity index (χ0n) is 20.0. The van der Waals surface area contributed by atoms with Gasteiger partial charge in [-0.3, -0.25) is 18.9 Å². The fraction of sp³-hybridized carbons (Fsp3) is 0.192. The average molecular weight is 538 g/mol. The summed E-state index contributed by atoms with van der Waals surface area (Å²) < 4.78 is 42.7. The van der Waals surface area contributed by atoms with Crippen molar-refractivity contribution in [1.82, 2.24) is 0 Å². The molecule has 9 nitrogen and oxygen atoms in total. The molecule has 0 bridgehead atoms. The molecule has 1 heterocycles. The molecule has 2 aliphatic rings. The van der Waals surface area contributed by atoms with Crippen LogP contribution in [0.1, 0.15) is 28.4 Å². The van der Waals surface area contributed by atoms with Crippen LogP contribution in [0, 0.1) is 5.92 Å². The Kier molecular flexibility index (Phi) is 5.94. The van der Waals surface area contributed by atoms with Gasteiger partial charge in [0.25, 0.3) is 0 Å². The van der Waals surface area contributed by atoms with Gasteiger partial charge in [0, 0.05) is 11.3 Å². The highest BCUT2D eigenvalue weighted by Crippen LogP contribution is 2.49. The molecular weight excluding hydrogens is 513 g/mol. The van der Waals surface area contributed by atoms with Crippen LogP contribution in [0.3, 0.4) is 0 Å². The van der Waals surface area contributed by atoms with E-state index in [1.807, 2.05) is 30.3 Å². The molecule has 0 amide bonds. The summed E-state index contributed by atoms with van der Waals surface area (Å²) >= 11 is 0. The molecule has 0 radical (unpaired) electrons. The maximum absolute atomic E-state index is 14.1. The first-order valence-electron chi connectivity index (χ1n) is 11.4. The summed E-state index contributed by atoms with van der Waals surface area (Å²) in [6, 6.07) is 20.4. The van der Waals surface area contributed by atoms with Gasteiger partial charge < -0.3 is 10.2 Å². The minimum absolute atomic E-state index is 0.0881. The Hall–Kier alpha value is -3.59. The largest absolute Gasteiger partial charge is 0.345 e. The van der Waals surface area contributed by atoms with Crippen LogP contribution < -0.4 is 15.3 Å². The smallest absolute Gasteiger partial charge is 0.342 e. The summed E-state index contributed by atoms with van der Waals surface area (Å²) in [4.78, 5) is 38.5. The molecule has 1 aliphatic heterocycles. The van der Waals surface area contributed by atoms with E-state index in [2.05, 4.69) is 14.8 Å². The molecule has 11 heteroatoms. The lowest BCUT2D eigenvalue weighted by Gasteiger charge is -2.39. The third kappa shape index (κ3) is 4.52. The van der Waals surface area contributed by atoms with E-state index in [0.717, 1.165) is 11.8 Å². The van der Waals surface area contributed by atoms with E-state index in [1.165, 1.54) is 18.2 Å². The zero-order chi connectivity index (χ0) is 26.6. The Bertz CT molecular complexity index is 1640. The molecule has 1 aliphatic carbocycles. The molecule has 3 aromatic rings. The molecule has 3 atom stereocenters. The Morgan fingerprint density at radius 2 is 1.73 bits per heavy atom. The van der Waals surface area contributed by atoms with Crippen molar-refractivity contribution in [1.29, 1.82) is 0 Å². The van der Waals surface area contributed by atoms with Crippen molar-refractivity contribution in [3.8, 4) is 0 Å². The zero-order valence-corrected chi connectivity index (χ0v) is 21.7. The minimum atomic E-state index is -4.45. The molecule has 37 heavy (non-hydrogen) atoms. The first-order valence-corrected chi connectivity index (χ1v) is 14.9. The SMILES string of the molecule is CC1(Cc2ccccc2)C(=O)C(C2=NP(=O)(O)c3cc(NS(C)(=O)=O)ccc3N2)C(=O)c2ccccc21. The summed E-state index contributed by atoms with van der Waals surface area (Å²) in [6.45, 7) is 1.78. The summed E-state index contributed by atoms with van der Waals surface area (Å²) in [7, 11) is -8.07. The van der Waals surface area contributed by atoms with Crippen LogP contribution in [0.25, 0.3) is 0 Å². The van der Waals surface area contributed by atoms with E-state index in [-0.39, 0.29) is 22.5 Å². The predicted octanol–water partition coefficient (Wildman–Crippen LogP) is 3.28. The van der Waals surface area contributed by atoms with E-state index in [0.29, 0.717) is 17.5 Å². The van der Waals surface area contributed by atoms with Crippen LogP contribution in [0.15, 0.2) is 77.6 Å². The van der Waals surface area contributed by atoms with Crippen molar-refractivity contribution in [3.63, 3.8) is 0 Å². The third-order valence-electron chi connectivity index (χ3n) is 6.65. The number of hydrogen-bond donors (Lipinski definition) is 3. The molecule has 190 valence electrons. The van der Waals surface area contributed by atoms with Crippen LogP contribution in [0.4, 0.5) is 11.4 Å². The lowest BCUT2D eigenvalue weighted by molar-refractivity contribution is -0.125. The first kappa shape index (κ1) is 25.1. The molecule has 3 N–H and O–H groups in total. The fourth-order valence-electron chi connectivity index (χ4n) is 4.99. The molecule has 0 fully saturated rings. The number of amidine groups is 1. The number of carbonyl (C=O) groups excluding carboxylic acids is 2. The lowest BCUT2D eigenvalue weighted by atomic mass is 9.63.